The molecule has 0 saturated heterocycles. The zero-order chi connectivity index (χ0) is 15.7. The van der Waals surface area contributed by atoms with Crippen LogP contribution < -0.4 is 20.5 Å². The summed E-state index contributed by atoms with van der Waals surface area (Å²) in [6.07, 6.45) is 3.09. The van der Waals surface area contributed by atoms with Crippen molar-refractivity contribution in [3.05, 3.63) is 12.1 Å². The summed E-state index contributed by atoms with van der Waals surface area (Å²) in [5, 5.41) is 2.14. The molecule has 1 fully saturated rings. The van der Waals surface area contributed by atoms with Gasteiger partial charge in [-0.2, -0.15) is 0 Å². The fourth-order valence-corrected chi connectivity index (χ4v) is 4.53. The van der Waals surface area contributed by atoms with Crippen LogP contribution in [0.3, 0.4) is 0 Å². The van der Waals surface area contributed by atoms with Gasteiger partial charge >= 0.3 is 0 Å². The Labute approximate surface area is 140 Å². The zero-order valence-corrected chi connectivity index (χ0v) is 14.0. The van der Waals surface area contributed by atoms with E-state index in [0.29, 0.717) is 35.7 Å². The van der Waals surface area contributed by atoms with Gasteiger partial charge in [0.25, 0.3) is 0 Å². The van der Waals surface area contributed by atoms with Crippen LogP contribution in [0.4, 0.5) is 11.4 Å². The lowest BCUT2D eigenvalue weighted by atomic mass is 10.2. The topological polar surface area (TPSA) is 108 Å². The third-order valence-electron chi connectivity index (χ3n) is 3.96. The Morgan fingerprint density at radius 2 is 1.83 bits per heavy atom. The molecule has 0 atom stereocenters. The van der Waals surface area contributed by atoms with Crippen LogP contribution in [0.5, 0.6) is 11.5 Å². The molecule has 0 radical (unpaired) electrons. The van der Waals surface area contributed by atoms with Gasteiger partial charge in [0.05, 0.1) is 16.6 Å². The Balaban J connectivity index is 0.00000192. The Morgan fingerprint density at radius 1 is 1.22 bits per heavy atom. The molecular weight excluding hydrogens is 344 g/mol. The van der Waals surface area contributed by atoms with Crippen molar-refractivity contribution in [3.63, 3.8) is 0 Å². The van der Waals surface area contributed by atoms with Gasteiger partial charge in [0.1, 0.15) is 5.75 Å². The molecule has 1 aliphatic carbocycles. The Kier molecular flexibility index (Phi) is 5.26. The largest absolute Gasteiger partial charge is 0.454 e. The average molecular weight is 363 g/mol. The second kappa shape index (κ2) is 6.84. The standard InChI is InChI=1S/C14H18N2O5S.ClH/c15-10-5-12-13(21-8-20-12)6-11(10)16-14(17)7-22(18,19)9-3-1-2-4-9;/h5-6,9H,1-4,7-8,15H2,(H,16,17);1H. The Hall–Kier alpha value is -1.67. The number of nitrogens with one attached hydrogen (secondary N) is 1. The number of carbonyl (C=O) groups is 1. The van der Waals surface area contributed by atoms with Crippen molar-refractivity contribution in [1.82, 2.24) is 0 Å². The number of sulfone groups is 1. The molecule has 3 N–H and O–H groups in total. The number of nitrogen functional groups attached to an aromatic ring is 1. The summed E-state index contributed by atoms with van der Waals surface area (Å²) in [4.78, 5) is 12.0. The molecule has 0 spiro atoms. The number of carbonyl (C=O) groups excluding carboxylic acids is 1. The molecular formula is C14H19ClN2O5S. The number of fused-ring (bicyclic) bond motifs is 1. The minimum Gasteiger partial charge on any atom is -0.454 e. The van der Waals surface area contributed by atoms with Crippen LogP contribution >= 0.6 is 12.4 Å². The van der Waals surface area contributed by atoms with E-state index in [-0.39, 0.29) is 19.2 Å². The maximum atomic E-state index is 12.2. The number of anilines is 2. The van der Waals surface area contributed by atoms with Crippen LogP contribution in [-0.4, -0.2) is 32.1 Å². The molecule has 128 valence electrons. The lowest BCUT2D eigenvalue weighted by Crippen LogP contribution is -2.29. The van der Waals surface area contributed by atoms with E-state index in [0.717, 1.165) is 12.8 Å². The van der Waals surface area contributed by atoms with Crippen LogP contribution in [0.2, 0.25) is 0 Å². The molecule has 0 aromatic heterocycles. The van der Waals surface area contributed by atoms with E-state index in [1.165, 1.54) is 6.07 Å². The molecule has 9 heteroatoms. The molecule has 3 rings (SSSR count). The van der Waals surface area contributed by atoms with Gasteiger partial charge in [-0.05, 0) is 12.8 Å². The highest BCUT2D eigenvalue weighted by atomic mass is 35.5. The van der Waals surface area contributed by atoms with Crippen LogP contribution in [0.15, 0.2) is 12.1 Å². The lowest BCUT2D eigenvalue weighted by Gasteiger charge is -2.12. The van der Waals surface area contributed by atoms with Crippen LogP contribution in [-0.2, 0) is 14.6 Å². The summed E-state index contributed by atoms with van der Waals surface area (Å²) in [5.74, 6) is -0.124. The van der Waals surface area contributed by atoms with E-state index in [1.54, 1.807) is 6.07 Å². The summed E-state index contributed by atoms with van der Waals surface area (Å²) in [6.45, 7) is 0.0994. The van der Waals surface area contributed by atoms with Gasteiger partial charge in [0, 0.05) is 12.1 Å². The first-order valence-corrected chi connectivity index (χ1v) is 8.88. The highest BCUT2D eigenvalue weighted by molar-refractivity contribution is 7.92. The highest BCUT2D eigenvalue weighted by Crippen LogP contribution is 2.38. The number of hydrogen-bond acceptors (Lipinski definition) is 6. The number of hydrogen-bond donors (Lipinski definition) is 2. The molecule has 1 aromatic carbocycles. The van der Waals surface area contributed by atoms with E-state index in [2.05, 4.69) is 5.32 Å². The van der Waals surface area contributed by atoms with Gasteiger partial charge in [-0.3, -0.25) is 4.79 Å². The molecule has 1 aliphatic heterocycles. The predicted octanol–water partition coefficient (Wildman–Crippen LogP) is 1.72. The van der Waals surface area contributed by atoms with Gasteiger partial charge in [-0.25, -0.2) is 8.42 Å². The van der Waals surface area contributed by atoms with E-state index in [1.807, 2.05) is 0 Å². The van der Waals surface area contributed by atoms with Crippen molar-refractivity contribution in [2.75, 3.05) is 23.6 Å². The molecule has 2 aliphatic rings. The van der Waals surface area contributed by atoms with Crippen LogP contribution in [0, 0.1) is 0 Å². The van der Waals surface area contributed by atoms with Crippen molar-refractivity contribution >= 4 is 39.5 Å². The minimum atomic E-state index is -3.41. The maximum Gasteiger partial charge on any atom is 0.239 e. The maximum absolute atomic E-state index is 12.2. The highest BCUT2D eigenvalue weighted by Gasteiger charge is 2.31. The number of rotatable bonds is 4. The third kappa shape index (κ3) is 3.81. The zero-order valence-electron chi connectivity index (χ0n) is 12.4. The van der Waals surface area contributed by atoms with Crippen molar-refractivity contribution < 1.29 is 22.7 Å². The fraction of sp³-hybridized carbons (Fsp3) is 0.500. The SMILES string of the molecule is Cl.Nc1cc2c(cc1NC(=O)CS(=O)(=O)C1CCCC1)OCO2. The molecule has 0 bridgehead atoms. The Morgan fingerprint density at radius 3 is 2.48 bits per heavy atom. The molecule has 0 unspecified atom stereocenters. The van der Waals surface area contributed by atoms with E-state index in [4.69, 9.17) is 15.2 Å². The van der Waals surface area contributed by atoms with Crippen molar-refractivity contribution in [3.8, 4) is 11.5 Å². The summed E-state index contributed by atoms with van der Waals surface area (Å²) < 4.78 is 34.7. The van der Waals surface area contributed by atoms with Crippen LogP contribution in [0.25, 0.3) is 0 Å². The smallest absolute Gasteiger partial charge is 0.239 e. The normalized spacial score (nSPS) is 16.9. The van der Waals surface area contributed by atoms with Gasteiger partial charge in [-0.1, -0.05) is 12.8 Å². The molecule has 1 heterocycles. The molecule has 1 aromatic rings. The second-order valence-corrected chi connectivity index (χ2v) is 7.84. The van der Waals surface area contributed by atoms with Crippen molar-refractivity contribution in [1.29, 1.82) is 0 Å². The second-order valence-electron chi connectivity index (χ2n) is 5.55. The summed E-state index contributed by atoms with van der Waals surface area (Å²) in [7, 11) is -3.41. The number of nitrogens with two attached hydrogens (primary N) is 1. The first-order chi connectivity index (χ1) is 10.5. The van der Waals surface area contributed by atoms with Gasteiger partial charge < -0.3 is 20.5 Å². The number of amides is 1. The summed E-state index contributed by atoms with van der Waals surface area (Å²) >= 11 is 0. The quantitative estimate of drug-likeness (QED) is 0.789. The van der Waals surface area contributed by atoms with E-state index < -0.39 is 26.7 Å². The van der Waals surface area contributed by atoms with Gasteiger partial charge in [-0.15, -0.1) is 12.4 Å². The third-order valence-corrected chi connectivity index (χ3v) is 6.11. The first-order valence-electron chi connectivity index (χ1n) is 7.16. The minimum absolute atomic E-state index is 0. The molecule has 1 amide bonds. The number of benzene rings is 1. The lowest BCUT2D eigenvalue weighted by molar-refractivity contribution is -0.113. The van der Waals surface area contributed by atoms with E-state index in [9.17, 15) is 13.2 Å². The molecule has 7 nitrogen and oxygen atoms in total. The average Bonchev–Trinajstić information content (AvgIpc) is 3.08. The summed E-state index contributed by atoms with van der Waals surface area (Å²) in [6, 6.07) is 3.08. The number of ether oxygens (including phenoxy) is 2. The van der Waals surface area contributed by atoms with Crippen LogP contribution in [0.1, 0.15) is 25.7 Å². The predicted molar refractivity (Wildman–Crippen MR) is 88.9 cm³/mol. The molecule has 23 heavy (non-hydrogen) atoms. The fourth-order valence-electron chi connectivity index (χ4n) is 2.80. The van der Waals surface area contributed by atoms with Crippen molar-refractivity contribution in [2.24, 2.45) is 0 Å². The summed E-state index contributed by atoms with van der Waals surface area (Å²) in [5.41, 5.74) is 6.46. The first kappa shape index (κ1) is 17.7. The Bertz CT molecular complexity index is 701. The van der Waals surface area contributed by atoms with Crippen molar-refractivity contribution in [2.45, 2.75) is 30.9 Å². The van der Waals surface area contributed by atoms with E-state index >= 15 is 0 Å². The van der Waals surface area contributed by atoms with Gasteiger partial charge in [0.2, 0.25) is 12.7 Å². The monoisotopic (exact) mass is 362 g/mol. The van der Waals surface area contributed by atoms with Gasteiger partial charge in [0.15, 0.2) is 21.3 Å². The molecule has 1 saturated carbocycles. The number of halogens is 1.